The number of ether oxygens (including phenoxy) is 2. The lowest BCUT2D eigenvalue weighted by atomic mass is 9.95. The molecule has 150 valence electrons. The monoisotopic (exact) mass is 380 g/mol. The van der Waals surface area contributed by atoms with Gasteiger partial charge >= 0.3 is 18.2 Å². The highest BCUT2D eigenvalue weighted by Gasteiger charge is 2.32. The number of alkyl carbamates (subject to hydrolysis) is 2. The van der Waals surface area contributed by atoms with Crippen LogP contribution >= 0.6 is 0 Å². The van der Waals surface area contributed by atoms with Crippen molar-refractivity contribution in [1.82, 2.24) is 10.6 Å². The molecule has 0 aliphatic carbocycles. The zero-order chi connectivity index (χ0) is 20.7. The third kappa shape index (κ3) is 9.48. The minimum Gasteiger partial charge on any atom is -0.480 e. The molecular weight excluding hydrogens is 352 g/mol. The first-order valence-electron chi connectivity index (χ1n) is 8.59. The molecule has 27 heavy (non-hydrogen) atoms. The molecule has 1 aromatic rings. The zero-order valence-electron chi connectivity index (χ0n) is 16.4. The molecule has 0 aromatic heterocycles. The molecule has 0 spiro atoms. The van der Waals surface area contributed by atoms with Crippen molar-refractivity contribution < 1.29 is 29.0 Å². The Kier molecular flexibility index (Phi) is 7.63. The lowest BCUT2D eigenvalue weighted by molar-refractivity contribution is -0.140. The van der Waals surface area contributed by atoms with Crippen LogP contribution in [0.5, 0.6) is 0 Å². The molecule has 0 radical (unpaired) electrons. The number of carbonyl (C=O) groups excluding carboxylic acids is 2. The zero-order valence-corrected chi connectivity index (χ0v) is 16.4. The van der Waals surface area contributed by atoms with E-state index in [2.05, 4.69) is 10.6 Å². The van der Waals surface area contributed by atoms with Gasteiger partial charge in [0.2, 0.25) is 0 Å². The summed E-state index contributed by atoms with van der Waals surface area (Å²) in [6.07, 6.45) is -1.57. The average Bonchev–Trinajstić information content (AvgIpc) is 2.50. The Bertz CT molecular complexity index is 652. The maximum absolute atomic E-state index is 11.9. The fourth-order valence-electron chi connectivity index (χ4n) is 2.25. The normalized spacial score (nSPS) is 12.6. The SMILES string of the molecule is CC(C)(C[C@H](NC(=O)OCc1ccccc1)C(=O)O)NC(=O)OC(C)(C)C. The van der Waals surface area contributed by atoms with E-state index in [0.29, 0.717) is 0 Å². The van der Waals surface area contributed by atoms with Gasteiger partial charge in [0.15, 0.2) is 0 Å². The van der Waals surface area contributed by atoms with Gasteiger partial charge in [-0.25, -0.2) is 14.4 Å². The third-order valence-electron chi connectivity index (χ3n) is 3.36. The second-order valence-corrected chi connectivity index (χ2v) is 7.81. The van der Waals surface area contributed by atoms with Crippen LogP contribution in [0, 0.1) is 0 Å². The molecule has 8 heteroatoms. The van der Waals surface area contributed by atoms with E-state index in [4.69, 9.17) is 9.47 Å². The van der Waals surface area contributed by atoms with Gasteiger partial charge in [-0.2, -0.15) is 0 Å². The smallest absolute Gasteiger partial charge is 0.408 e. The highest BCUT2D eigenvalue weighted by molar-refractivity contribution is 5.80. The standard InChI is InChI=1S/C19H28N2O6/c1-18(2,3)27-17(25)21-19(4,5)11-14(15(22)23)20-16(24)26-12-13-9-7-6-8-10-13/h6-10,14H,11-12H2,1-5H3,(H,20,24)(H,21,25)(H,22,23)/t14-/m0/s1. The second-order valence-electron chi connectivity index (χ2n) is 7.81. The van der Waals surface area contributed by atoms with E-state index >= 15 is 0 Å². The fraction of sp³-hybridized carbons (Fsp3) is 0.526. The minimum atomic E-state index is -1.24. The Morgan fingerprint density at radius 1 is 1.04 bits per heavy atom. The van der Waals surface area contributed by atoms with Crippen LogP contribution in [0.4, 0.5) is 9.59 Å². The summed E-state index contributed by atoms with van der Waals surface area (Å²) in [5.41, 5.74) is -0.823. The number of hydrogen-bond acceptors (Lipinski definition) is 5. The molecule has 0 aliphatic heterocycles. The highest BCUT2D eigenvalue weighted by atomic mass is 16.6. The van der Waals surface area contributed by atoms with Crippen molar-refractivity contribution in [3.05, 3.63) is 35.9 Å². The van der Waals surface area contributed by atoms with Gasteiger partial charge in [-0.3, -0.25) is 0 Å². The Hall–Kier alpha value is -2.77. The molecule has 3 N–H and O–H groups in total. The van der Waals surface area contributed by atoms with E-state index in [1.807, 2.05) is 18.2 Å². The Balaban J connectivity index is 2.60. The van der Waals surface area contributed by atoms with E-state index in [-0.39, 0.29) is 13.0 Å². The van der Waals surface area contributed by atoms with Crippen LogP contribution < -0.4 is 10.6 Å². The van der Waals surface area contributed by atoms with Gasteiger partial charge in [-0.15, -0.1) is 0 Å². The Labute approximate surface area is 159 Å². The van der Waals surface area contributed by atoms with E-state index in [9.17, 15) is 19.5 Å². The molecule has 2 amide bonds. The lowest BCUT2D eigenvalue weighted by Crippen LogP contribution is -2.52. The number of benzene rings is 1. The molecule has 0 saturated carbocycles. The largest absolute Gasteiger partial charge is 0.480 e. The molecule has 0 unspecified atom stereocenters. The van der Waals surface area contributed by atoms with Crippen LogP contribution in [0.15, 0.2) is 30.3 Å². The molecule has 1 atom stereocenters. The van der Waals surface area contributed by atoms with E-state index in [1.54, 1.807) is 46.8 Å². The average molecular weight is 380 g/mol. The van der Waals surface area contributed by atoms with Crippen molar-refractivity contribution >= 4 is 18.2 Å². The molecule has 0 heterocycles. The first-order chi connectivity index (χ1) is 12.4. The van der Waals surface area contributed by atoms with E-state index in [0.717, 1.165) is 5.56 Å². The number of rotatable bonds is 7. The van der Waals surface area contributed by atoms with E-state index in [1.165, 1.54) is 0 Å². The van der Waals surface area contributed by atoms with E-state index < -0.39 is 35.3 Å². The molecule has 0 fully saturated rings. The van der Waals surface area contributed by atoms with Gasteiger partial charge in [-0.05, 0) is 40.2 Å². The van der Waals surface area contributed by atoms with Gasteiger partial charge in [0.05, 0.1) is 0 Å². The topological polar surface area (TPSA) is 114 Å². The molecule has 1 rings (SSSR count). The van der Waals surface area contributed by atoms with Gasteiger partial charge < -0.3 is 25.2 Å². The van der Waals surface area contributed by atoms with Gasteiger partial charge in [0.1, 0.15) is 18.2 Å². The molecule has 8 nitrogen and oxygen atoms in total. The summed E-state index contributed by atoms with van der Waals surface area (Å²) in [5, 5.41) is 14.3. The Morgan fingerprint density at radius 2 is 1.63 bits per heavy atom. The molecule has 0 aliphatic rings. The van der Waals surface area contributed by atoms with Crippen molar-refractivity contribution in [1.29, 1.82) is 0 Å². The number of carboxylic acid groups (broad SMARTS) is 1. The van der Waals surface area contributed by atoms with Crippen LogP contribution in [-0.2, 0) is 20.9 Å². The summed E-state index contributed by atoms with van der Waals surface area (Å²) in [6.45, 7) is 8.49. The lowest BCUT2D eigenvalue weighted by Gasteiger charge is -2.30. The highest BCUT2D eigenvalue weighted by Crippen LogP contribution is 2.15. The number of hydrogen-bond donors (Lipinski definition) is 3. The minimum absolute atomic E-state index is 0.0264. The van der Waals surface area contributed by atoms with Crippen LogP contribution in [0.25, 0.3) is 0 Å². The summed E-state index contributed by atoms with van der Waals surface area (Å²) in [7, 11) is 0. The maximum atomic E-state index is 11.9. The fourth-order valence-corrected chi connectivity index (χ4v) is 2.25. The number of aliphatic carboxylic acids is 1. The summed E-state index contributed by atoms with van der Waals surface area (Å²) in [4.78, 5) is 35.3. The number of carboxylic acids is 1. The van der Waals surface area contributed by atoms with Gasteiger partial charge in [-0.1, -0.05) is 30.3 Å². The van der Waals surface area contributed by atoms with Crippen molar-refractivity contribution in [3.63, 3.8) is 0 Å². The van der Waals surface area contributed by atoms with Crippen LogP contribution in [0.2, 0.25) is 0 Å². The summed E-state index contributed by atoms with van der Waals surface area (Å²) in [6, 6.07) is 7.79. The summed E-state index contributed by atoms with van der Waals surface area (Å²) >= 11 is 0. The van der Waals surface area contributed by atoms with Crippen LogP contribution in [0.1, 0.15) is 46.6 Å². The molecule has 1 aromatic carbocycles. The Morgan fingerprint density at radius 3 is 2.15 bits per heavy atom. The first-order valence-corrected chi connectivity index (χ1v) is 8.59. The molecule has 0 bridgehead atoms. The number of amides is 2. The first kappa shape index (κ1) is 22.3. The quantitative estimate of drug-likeness (QED) is 0.670. The van der Waals surface area contributed by atoms with Crippen LogP contribution in [0.3, 0.4) is 0 Å². The molecular formula is C19H28N2O6. The van der Waals surface area contributed by atoms with Crippen molar-refractivity contribution in [2.75, 3.05) is 0 Å². The van der Waals surface area contributed by atoms with Crippen LogP contribution in [-0.4, -0.2) is 40.4 Å². The predicted octanol–water partition coefficient (Wildman–Crippen LogP) is 3.06. The third-order valence-corrected chi connectivity index (χ3v) is 3.36. The van der Waals surface area contributed by atoms with Gasteiger partial charge in [0.25, 0.3) is 0 Å². The predicted molar refractivity (Wildman–Crippen MR) is 99.3 cm³/mol. The summed E-state index contributed by atoms with van der Waals surface area (Å²) < 4.78 is 10.2. The van der Waals surface area contributed by atoms with Gasteiger partial charge in [0, 0.05) is 12.0 Å². The maximum Gasteiger partial charge on any atom is 0.408 e. The second kappa shape index (κ2) is 9.25. The summed E-state index contributed by atoms with van der Waals surface area (Å²) in [5.74, 6) is -1.23. The van der Waals surface area contributed by atoms with Crippen molar-refractivity contribution in [2.24, 2.45) is 0 Å². The van der Waals surface area contributed by atoms with Crippen molar-refractivity contribution in [3.8, 4) is 0 Å². The number of carbonyl (C=O) groups is 3. The van der Waals surface area contributed by atoms with Crippen molar-refractivity contribution in [2.45, 2.75) is 64.8 Å². The molecule has 0 saturated heterocycles. The number of nitrogens with one attached hydrogen (secondary N) is 2.